The highest BCUT2D eigenvalue weighted by molar-refractivity contribution is 6.12. The van der Waals surface area contributed by atoms with Gasteiger partial charge < -0.3 is 9.84 Å². The third-order valence-corrected chi connectivity index (χ3v) is 7.06. The number of Topliss-reactive ketones (excluding diaryl/α,β-unsaturated/α-hetero) is 2. The molecule has 0 saturated heterocycles. The van der Waals surface area contributed by atoms with Crippen molar-refractivity contribution < 1.29 is 24.2 Å². The molecule has 3 aliphatic carbocycles. The monoisotopic (exact) mass is 374 g/mol. The summed E-state index contributed by atoms with van der Waals surface area (Å²) in [4.78, 5) is 37.8. The predicted octanol–water partition coefficient (Wildman–Crippen LogP) is 3.16. The van der Waals surface area contributed by atoms with Gasteiger partial charge in [0.2, 0.25) is 0 Å². The number of rotatable bonds is 1. The number of aliphatic hydroxyl groups excluding tert-OH is 1. The zero-order valence-electron chi connectivity index (χ0n) is 16.7. The molecule has 3 rings (SSSR count). The second-order valence-corrected chi connectivity index (χ2v) is 9.34. The Morgan fingerprint density at radius 2 is 1.89 bits per heavy atom. The molecule has 0 aromatic carbocycles. The highest BCUT2D eigenvalue weighted by atomic mass is 16.5. The molecule has 5 heteroatoms. The van der Waals surface area contributed by atoms with E-state index in [0.29, 0.717) is 24.0 Å². The van der Waals surface area contributed by atoms with Crippen LogP contribution in [0.25, 0.3) is 0 Å². The Balaban J connectivity index is 2.12. The Bertz CT molecular complexity index is 731. The second kappa shape index (κ2) is 6.69. The fourth-order valence-corrected chi connectivity index (χ4v) is 5.59. The van der Waals surface area contributed by atoms with Gasteiger partial charge in [-0.15, -0.1) is 0 Å². The molecule has 0 aromatic heterocycles. The van der Waals surface area contributed by atoms with E-state index in [-0.39, 0.29) is 35.2 Å². The molecule has 0 unspecified atom stereocenters. The fourth-order valence-electron chi connectivity index (χ4n) is 5.59. The van der Waals surface area contributed by atoms with Crippen LogP contribution in [-0.4, -0.2) is 34.9 Å². The molecule has 0 heterocycles. The van der Waals surface area contributed by atoms with Gasteiger partial charge in [0.1, 0.15) is 12.2 Å². The lowest BCUT2D eigenvalue weighted by Gasteiger charge is -2.51. The molecule has 3 aliphatic rings. The Kier molecular flexibility index (Phi) is 4.96. The summed E-state index contributed by atoms with van der Waals surface area (Å²) < 4.78 is 5.58. The van der Waals surface area contributed by atoms with Gasteiger partial charge in [-0.25, -0.2) is 0 Å². The summed E-state index contributed by atoms with van der Waals surface area (Å²) >= 11 is 0. The van der Waals surface area contributed by atoms with Crippen molar-refractivity contribution in [2.75, 3.05) is 0 Å². The van der Waals surface area contributed by atoms with Gasteiger partial charge in [0.25, 0.3) is 0 Å². The highest BCUT2D eigenvalue weighted by Crippen LogP contribution is 2.55. The third kappa shape index (κ3) is 3.31. The fraction of sp³-hybridized carbons (Fsp3) is 0.682. The van der Waals surface area contributed by atoms with Gasteiger partial charge in [-0.3, -0.25) is 14.4 Å². The van der Waals surface area contributed by atoms with E-state index in [1.165, 1.54) is 6.92 Å². The molecule has 2 bridgehead atoms. The number of carbonyl (C=O) groups is 3. The number of allylic oxidation sites excluding steroid dienone is 2. The Hall–Kier alpha value is -1.75. The largest absolute Gasteiger partial charge is 0.458 e. The SMILES string of the molecule is C=C1C(=O)C2=C[C@H]1C[C@H](O)C(=O)[C@]1(C)CCCC(C)(C)[C@H]1C[C@H]2OC(C)=O. The second-order valence-electron chi connectivity index (χ2n) is 9.34. The summed E-state index contributed by atoms with van der Waals surface area (Å²) in [5, 5.41) is 10.7. The van der Waals surface area contributed by atoms with Gasteiger partial charge >= 0.3 is 5.97 Å². The Morgan fingerprint density at radius 1 is 1.22 bits per heavy atom. The molecule has 0 amide bonds. The lowest BCUT2D eigenvalue weighted by atomic mass is 9.52. The summed E-state index contributed by atoms with van der Waals surface area (Å²) in [5.41, 5.74) is -0.0614. The standard InChI is InChI=1S/C22H30O5/c1-12-14-9-15(19(12)25)17(27-13(2)23)11-18-21(3,4)7-6-8-22(18,5)20(26)16(24)10-14/h9,14,16-18,24H,1,6-8,10-11H2,2-5H3/t14-,16-,17+,18+,22+/m0/s1. The minimum atomic E-state index is -1.12. The first-order chi connectivity index (χ1) is 12.5. The molecule has 0 spiro atoms. The topological polar surface area (TPSA) is 80.7 Å². The van der Waals surface area contributed by atoms with Gasteiger partial charge in [-0.1, -0.05) is 39.8 Å². The van der Waals surface area contributed by atoms with Crippen LogP contribution in [0.5, 0.6) is 0 Å². The minimum absolute atomic E-state index is 0.107. The van der Waals surface area contributed by atoms with E-state index in [1.807, 2.05) is 6.92 Å². The minimum Gasteiger partial charge on any atom is -0.458 e. The normalized spacial score (nSPS) is 38.9. The highest BCUT2D eigenvalue weighted by Gasteiger charge is 2.54. The van der Waals surface area contributed by atoms with Crippen LogP contribution in [0.4, 0.5) is 0 Å². The first-order valence-corrected chi connectivity index (χ1v) is 9.82. The van der Waals surface area contributed by atoms with Crippen molar-refractivity contribution in [3.05, 3.63) is 23.8 Å². The maximum absolute atomic E-state index is 13.3. The summed E-state index contributed by atoms with van der Waals surface area (Å²) in [6, 6.07) is 0. The van der Waals surface area contributed by atoms with Crippen LogP contribution in [0.3, 0.4) is 0 Å². The summed E-state index contributed by atoms with van der Waals surface area (Å²) in [6.45, 7) is 11.4. The maximum atomic E-state index is 13.3. The third-order valence-electron chi connectivity index (χ3n) is 7.06. The van der Waals surface area contributed by atoms with Crippen LogP contribution in [0, 0.1) is 22.7 Å². The number of aliphatic hydroxyl groups is 1. The number of esters is 1. The molecule has 1 fully saturated rings. The lowest BCUT2D eigenvalue weighted by Crippen LogP contribution is -2.52. The average molecular weight is 374 g/mol. The molecule has 148 valence electrons. The van der Waals surface area contributed by atoms with Crippen LogP contribution in [0.15, 0.2) is 23.8 Å². The first kappa shape index (κ1) is 20.0. The van der Waals surface area contributed by atoms with Gasteiger partial charge in [0, 0.05) is 23.8 Å². The lowest BCUT2D eigenvalue weighted by molar-refractivity contribution is -0.153. The number of fused-ring (bicyclic) bond motifs is 2. The van der Waals surface area contributed by atoms with Crippen molar-refractivity contribution in [2.45, 2.75) is 72.0 Å². The Labute approximate surface area is 160 Å². The quantitative estimate of drug-likeness (QED) is 0.563. The molecule has 5 nitrogen and oxygen atoms in total. The van der Waals surface area contributed by atoms with E-state index in [1.54, 1.807) is 6.08 Å². The number of hydrogen-bond donors (Lipinski definition) is 1. The van der Waals surface area contributed by atoms with Crippen LogP contribution in [0.2, 0.25) is 0 Å². The molecule has 5 atom stereocenters. The first-order valence-electron chi connectivity index (χ1n) is 9.82. The zero-order chi connectivity index (χ0) is 20.1. The molecule has 0 aromatic rings. The van der Waals surface area contributed by atoms with E-state index in [4.69, 9.17) is 4.74 Å². The van der Waals surface area contributed by atoms with Crippen molar-refractivity contribution in [2.24, 2.45) is 22.7 Å². The van der Waals surface area contributed by atoms with Crippen molar-refractivity contribution in [3.8, 4) is 0 Å². The number of ketones is 2. The summed E-state index contributed by atoms with van der Waals surface area (Å²) in [7, 11) is 0. The van der Waals surface area contributed by atoms with E-state index >= 15 is 0 Å². The molecule has 1 saturated carbocycles. The van der Waals surface area contributed by atoms with Crippen LogP contribution >= 0.6 is 0 Å². The molecule has 27 heavy (non-hydrogen) atoms. The van der Waals surface area contributed by atoms with Crippen LogP contribution in [-0.2, 0) is 19.1 Å². The van der Waals surface area contributed by atoms with Crippen LogP contribution in [0.1, 0.15) is 59.8 Å². The van der Waals surface area contributed by atoms with Crippen molar-refractivity contribution in [3.63, 3.8) is 0 Å². The van der Waals surface area contributed by atoms with E-state index in [9.17, 15) is 19.5 Å². The maximum Gasteiger partial charge on any atom is 0.303 e. The number of carbonyl (C=O) groups excluding carboxylic acids is 3. The van der Waals surface area contributed by atoms with Crippen LogP contribution < -0.4 is 0 Å². The number of ether oxygens (including phenoxy) is 1. The molecular formula is C22H30O5. The zero-order valence-corrected chi connectivity index (χ0v) is 16.7. The average Bonchev–Trinajstić information content (AvgIpc) is 2.83. The van der Waals surface area contributed by atoms with E-state index < -0.39 is 23.6 Å². The Morgan fingerprint density at radius 3 is 2.52 bits per heavy atom. The number of hydrogen-bond acceptors (Lipinski definition) is 5. The predicted molar refractivity (Wildman–Crippen MR) is 101 cm³/mol. The molecule has 0 radical (unpaired) electrons. The molecule has 0 aliphatic heterocycles. The van der Waals surface area contributed by atoms with Crippen molar-refractivity contribution in [1.29, 1.82) is 0 Å². The summed E-state index contributed by atoms with van der Waals surface area (Å²) in [5.74, 6) is -1.32. The van der Waals surface area contributed by atoms with Gasteiger partial charge in [-0.2, -0.15) is 0 Å². The molecular weight excluding hydrogens is 344 g/mol. The summed E-state index contributed by atoms with van der Waals surface area (Å²) in [6.07, 6.45) is 3.06. The van der Waals surface area contributed by atoms with E-state index in [0.717, 1.165) is 12.8 Å². The smallest absolute Gasteiger partial charge is 0.303 e. The van der Waals surface area contributed by atoms with Crippen molar-refractivity contribution in [1.82, 2.24) is 0 Å². The van der Waals surface area contributed by atoms with Gasteiger partial charge in [0.15, 0.2) is 11.6 Å². The molecule has 1 N–H and O–H groups in total. The van der Waals surface area contributed by atoms with Gasteiger partial charge in [0.05, 0.1) is 0 Å². The van der Waals surface area contributed by atoms with Crippen molar-refractivity contribution >= 4 is 17.5 Å². The van der Waals surface area contributed by atoms with E-state index in [2.05, 4.69) is 20.4 Å². The van der Waals surface area contributed by atoms with Gasteiger partial charge in [-0.05, 0) is 42.6 Å².